The molecule has 3 aromatic rings. The van der Waals surface area contributed by atoms with Crippen molar-refractivity contribution in [1.29, 1.82) is 0 Å². The normalized spacial score (nSPS) is 14.4. The van der Waals surface area contributed by atoms with Crippen LogP contribution in [0.4, 0.5) is 11.4 Å². The second-order valence-corrected chi connectivity index (χ2v) is 9.14. The lowest BCUT2D eigenvalue weighted by Crippen LogP contribution is -2.27. The van der Waals surface area contributed by atoms with Crippen LogP contribution in [0.3, 0.4) is 0 Å². The number of carbonyl (C=O) groups excluding carboxylic acids is 3. The fourth-order valence-electron chi connectivity index (χ4n) is 3.18. The van der Waals surface area contributed by atoms with Gasteiger partial charge >= 0.3 is 5.97 Å². The minimum absolute atomic E-state index is 0.190. The van der Waals surface area contributed by atoms with Crippen LogP contribution < -0.4 is 10.2 Å². The van der Waals surface area contributed by atoms with E-state index >= 15 is 0 Å². The van der Waals surface area contributed by atoms with E-state index in [1.807, 2.05) is 49.4 Å². The number of thioether (sulfide) groups is 1. The number of hydrogen-bond acceptors (Lipinski definition) is 6. The molecule has 0 unspecified atom stereocenters. The average molecular weight is 489 g/mol. The predicted octanol–water partition coefficient (Wildman–Crippen LogP) is 5.20. The molecule has 4 rings (SSSR count). The number of amides is 2. The van der Waals surface area contributed by atoms with Gasteiger partial charge in [0.2, 0.25) is 0 Å². The number of carbonyl (C=O) groups is 3. The third kappa shape index (κ3) is 5.59. The maximum Gasteiger partial charge on any atom is 0.338 e. The average Bonchev–Trinajstić information content (AvgIpc) is 3.12. The van der Waals surface area contributed by atoms with Crippen LogP contribution in [-0.4, -0.2) is 28.7 Å². The molecule has 34 heavy (non-hydrogen) atoms. The summed E-state index contributed by atoms with van der Waals surface area (Å²) in [5.41, 5.74) is 3.47. The van der Waals surface area contributed by atoms with Gasteiger partial charge in [-0.15, -0.1) is 0 Å². The second-order valence-electron chi connectivity index (χ2n) is 7.47. The van der Waals surface area contributed by atoms with Crippen molar-refractivity contribution in [3.8, 4) is 0 Å². The van der Waals surface area contributed by atoms with Gasteiger partial charge in [-0.2, -0.15) is 0 Å². The molecule has 0 atom stereocenters. The van der Waals surface area contributed by atoms with E-state index in [1.165, 1.54) is 16.7 Å². The summed E-state index contributed by atoms with van der Waals surface area (Å²) in [4.78, 5) is 39.1. The number of nitrogens with zero attached hydrogens (tertiary/aromatic N) is 1. The highest BCUT2D eigenvalue weighted by molar-refractivity contribution is 8.27. The molecule has 2 amide bonds. The van der Waals surface area contributed by atoms with E-state index in [2.05, 4.69) is 5.32 Å². The van der Waals surface area contributed by atoms with E-state index in [0.717, 1.165) is 16.8 Å². The highest BCUT2D eigenvalue weighted by Crippen LogP contribution is 2.35. The number of rotatable bonds is 6. The van der Waals surface area contributed by atoms with Gasteiger partial charge in [-0.3, -0.25) is 14.5 Å². The van der Waals surface area contributed by atoms with Crippen molar-refractivity contribution in [2.45, 2.75) is 6.92 Å². The number of ether oxygens (including phenoxy) is 1. The summed E-state index contributed by atoms with van der Waals surface area (Å²) >= 11 is 6.61. The van der Waals surface area contributed by atoms with Crippen LogP contribution in [0.1, 0.15) is 21.5 Å². The number of anilines is 2. The smallest absolute Gasteiger partial charge is 0.338 e. The topological polar surface area (TPSA) is 75.7 Å². The van der Waals surface area contributed by atoms with Crippen LogP contribution >= 0.6 is 24.0 Å². The molecule has 8 heteroatoms. The van der Waals surface area contributed by atoms with Gasteiger partial charge in [0, 0.05) is 5.69 Å². The summed E-state index contributed by atoms with van der Waals surface area (Å²) in [5.74, 6) is -1.22. The van der Waals surface area contributed by atoms with Crippen LogP contribution in [0.15, 0.2) is 83.8 Å². The van der Waals surface area contributed by atoms with Crippen LogP contribution in [0.25, 0.3) is 6.08 Å². The summed E-state index contributed by atoms with van der Waals surface area (Å²) in [6.45, 7) is 1.56. The molecule has 1 saturated heterocycles. The van der Waals surface area contributed by atoms with Crippen molar-refractivity contribution in [3.63, 3.8) is 0 Å². The molecule has 1 aliphatic heterocycles. The zero-order valence-corrected chi connectivity index (χ0v) is 19.8. The van der Waals surface area contributed by atoms with E-state index in [9.17, 15) is 14.4 Å². The Morgan fingerprint density at radius 2 is 1.68 bits per heavy atom. The van der Waals surface area contributed by atoms with Crippen molar-refractivity contribution in [3.05, 3.63) is 100 Å². The number of hydrogen-bond donors (Lipinski definition) is 1. The van der Waals surface area contributed by atoms with Crippen LogP contribution in [0.5, 0.6) is 0 Å². The Kier molecular flexibility index (Phi) is 7.20. The van der Waals surface area contributed by atoms with E-state index in [4.69, 9.17) is 17.0 Å². The molecular weight excluding hydrogens is 468 g/mol. The third-order valence-corrected chi connectivity index (χ3v) is 6.22. The zero-order valence-electron chi connectivity index (χ0n) is 18.2. The largest absolute Gasteiger partial charge is 0.452 e. The lowest BCUT2D eigenvalue weighted by atomic mass is 10.1. The molecule has 1 N–H and O–H groups in total. The molecule has 6 nitrogen and oxygen atoms in total. The molecule has 0 aliphatic carbocycles. The summed E-state index contributed by atoms with van der Waals surface area (Å²) in [7, 11) is 0. The Morgan fingerprint density at radius 1 is 1.00 bits per heavy atom. The Balaban J connectivity index is 1.35. The molecule has 1 fully saturated rings. The SMILES string of the molecule is Cc1ccc(NC(=O)COC(=O)c2ccc(/C=C3\SC(=S)N(c4ccccc4)C3=O)cc2)cc1. The van der Waals surface area contributed by atoms with E-state index in [-0.39, 0.29) is 5.91 Å². The number of benzene rings is 3. The van der Waals surface area contributed by atoms with Crippen molar-refractivity contribution < 1.29 is 19.1 Å². The van der Waals surface area contributed by atoms with Crippen molar-refractivity contribution in [1.82, 2.24) is 0 Å². The number of esters is 1. The highest BCUT2D eigenvalue weighted by Gasteiger charge is 2.33. The first-order valence-corrected chi connectivity index (χ1v) is 11.6. The van der Waals surface area contributed by atoms with E-state index < -0.39 is 18.5 Å². The zero-order chi connectivity index (χ0) is 24.1. The maximum atomic E-state index is 12.8. The monoisotopic (exact) mass is 488 g/mol. The van der Waals surface area contributed by atoms with Gasteiger partial charge in [0.25, 0.3) is 11.8 Å². The van der Waals surface area contributed by atoms with Crippen LogP contribution in [0, 0.1) is 6.92 Å². The highest BCUT2D eigenvalue weighted by atomic mass is 32.2. The lowest BCUT2D eigenvalue weighted by molar-refractivity contribution is -0.119. The Hall–Kier alpha value is -3.75. The standard InChI is InChI=1S/C26H20N2O4S2/c1-17-7-13-20(14-8-17)27-23(29)16-32-25(31)19-11-9-18(10-12-19)15-22-24(30)28(26(33)34-22)21-5-3-2-4-6-21/h2-15H,16H2,1H3,(H,27,29)/b22-15-. The van der Waals surface area contributed by atoms with Gasteiger partial charge in [-0.1, -0.05) is 72.0 Å². The van der Waals surface area contributed by atoms with Crippen molar-refractivity contribution in [2.75, 3.05) is 16.8 Å². The number of nitrogens with one attached hydrogen (secondary N) is 1. The van der Waals surface area contributed by atoms with Gasteiger partial charge in [0.05, 0.1) is 16.2 Å². The molecule has 0 aromatic heterocycles. The van der Waals surface area contributed by atoms with Gasteiger partial charge in [-0.05, 0) is 55.0 Å². The Bertz CT molecular complexity index is 1270. The molecule has 170 valence electrons. The van der Waals surface area contributed by atoms with Crippen LogP contribution in [-0.2, 0) is 14.3 Å². The lowest BCUT2D eigenvalue weighted by Gasteiger charge is -2.13. The second kappa shape index (κ2) is 10.5. The van der Waals surface area contributed by atoms with Crippen LogP contribution in [0.2, 0.25) is 0 Å². The maximum absolute atomic E-state index is 12.8. The predicted molar refractivity (Wildman–Crippen MR) is 139 cm³/mol. The first-order chi connectivity index (χ1) is 16.4. The minimum atomic E-state index is -0.610. The fourth-order valence-corrected chi connectivity index (χ4v) is 4.48. The van der Waals surface area contributed by atoms with Crippen molar-refractivity contribution >= 4 is 63.5 Å². The molecule has 0 spiro atoms. The number of para-hydroxylation sites is 1. The first-order valence-electron chi connectivity index (χ1n) is 10.4. The Morgan fingerprint density at radius 3 is 2.35 bits per heavy atom. The Labute approximate surface area is 206 Å². The van der Waals surface area contributed by atoms with E-state index in [1.54, 1.807) is 42.5 Å². The quantitative estimate of drug-likeness (QED) is 0.292. The summed E-state index contributed by atoms with van der Waals surface area (Å²) < 4.78 is 5.57. The third-order valence-electron chi connectivity index (χ3n) is 4.92. The minimum Gasteiger partial charge on any atom is -0.452 e. The summed E-state index contributed by atoms with van der Waals surface area (Å²) in [6.07, 6.45) is 1.73. The molecule has 3 aromatic carbocycles. The molecule has 0 radical (unpaired) electrons. The molecule has 0 bridgehead atoms. The van der Waals surface area contributed by atoms with Crippen molar-refractivity contribution in [2.24, 2.45) is 0 Å². The molecule has 0 saturated carbocycles. The van der Waals surface area contributed by atoms with Gasteiger partial charge in [-0.25, -0.2) is 4.79 Å². The fraction of sp³-hybridized carbons (Fsp3) is 0.0769. The number of aryl methyl sites for hydroxylation is 1. The van der Waals surface area contributed by atoms with Gasteiger partial charge in [0.1, 0.15) is 0 Å². The molecule has 1 aliphatic rings. The summed E-state index contributed by atoms with van der Waals surface area (Å²) in [5, 5.41) is 2.68. The molecular formula is C26H20N2O4S2. The first kappa shape index (κ1) is 23.4. The summed E-state index contributed by atoms with van der Waals surface area (Å²) in [6, 6.07) is 23.1. The van der Waals surface area contributed by atoms with Gasteiger partial charge < -0.3 is 10.1 Å². The van der Waals surface area contributed by atoms with E-state index in [0.29, 0.717) is 20.5 Å². The number of thiocarbonyl (C=S) groups is 1. The van der Waals surface area contributed by atoms with Gasteiger partial charge in [0.15, 0.2) is 10.9 Å². The molecule has 1 heterocycles.